The Balaban J connectivity index is 2.06. The van der Waals surface area contributed by atoms with E-state index in [-0.39, 0.29) is 11.0 Å². The molecule has 28 heavy (non-hydrogen) atoms. The van der Waals surface area contributed by atoms with Crippen LogP contribution in [0, 0.1) is 12.7 Å². The molecule has 9 heteroatoms. The van der Waals surface area contributed by atoms with E-state index in [2.05, 4.69) is 10.3 Å². The van der Waals surface area contributed by atoms with E-state index in [9.17, 15) is 18.8 Å². The second-order valence-electron chi connectivity index (χ2n) is 6.19. The van der Waals surface area contributed by atoms with Gasteiger partial charge < -0.3 is 10.1 Å². The van der Waals surface area contributed by atoms with Crippen molar-refractivity contribution in [2.45, 2.75) is 20.4 Å². The van der Waals surface area contributed by atoms with Gasteiger partial charge in [-0.1, -0.05) is 0 Å². The van der Waals surface area contributed by atoms with Gasteiger partial charge in [-0.2, -0.15) is 0 Å². The van der Waals surface area contributed by atoms with Crippen molar-refractivity contribution in [3.05, 3.63) is 62.7 Å². The zero-order chi connectivity index (χ0) is 20.4. The minimum Gasteiger partial charge on any atom is -0.493 e. The molecule has 2 heterocycles. The first-order chi connectivity index (χ1) is 13.3. The van der Waals surface area contributed by atoms with Crippen molar-refractivity contribution in [1.29, 1.82) is 0 Å². The summed E-state index contributed by atoms with van der Waals surface area (Å²) in [5.74, 6) is -0.700. The predicted octanol–water partition coefficient (Wildman–Crippen LogP) is 1.58. The fourth-order valence-electron chi connectivity index (χ4n) is 2.87. The molecule has 1 amide bonds. The number of ether oxygens (including phenoxy) is 1. The molecule has 0 bridgehead atoms. The number of aryl methyl sites for hydroxylation is 2. The third-order valence-corrected chi connectivity index (χ3v) is 4.20. The summed E-state index contributed by atoms with van der Waals surface area (Å²) >= 11 is 0. The Hall–Kier alpha value is -3.49. The van der Waals surface area contributed by atoms with Crippen LogP contribution < -0.4 is 21.3 Å². The number of pyridine rings is 1. The summed E-state index contributed by atoms with van der Waals surface area (Å²) in [5, 5.41) is 2.67. The third-order valence-electron chi connectivity index (χ3n) is 4.20. The van der Waals surface area contributed by atoms with E-state index in [1.54, 1.807) is 13.8 Å². The first-order valence-electron chi connectivity index (χ1n) is 8.60. The van der Waals surface area contributed by atoms with Crippen molar-refractivity contribution >= 4 is 22.6 Å². The Labute approximate surface area is 159 Å². The van der Waals surface area contributed by atoms with Gasteiger partial charge in [-0.15, -0.1) is 0 Å². The molecule has 0 unspecified atom stereocenters. The number of nitrogens with zero attached hydrogens (tertiary/aromatic N) is 3. The fraction of sp³-hybridized carbons (Fsp3) is 0.263. The maximum atomic E-state index is 13.0. The summed E-state index contributed by atoms with van der Waals surface area (Å²) in [4.78, 5) is 42.1. The van der Waals surface area contributed by atoms with Gasteiger partial charge in [-0.3, -0.25) is 14.2 Å². The molecular weight excluding hydrogens is 367 g/mol. The number of fused-ring (bicyclic) bond motifs is 1. The van der Waals surface area contributed by atoms with Crippen molar-refractivity contribution in [1.82, 2.24) is 14.1 Å². The summed E-state index contributed by atoms with van der Waals surface area (Å²) in [7, 11) is 1.47. The number of carbonyl (C=O) groups excluding carboxylic acids is 1. The van der Waals surface area contributed by atoms with Crippen LogP contribution in [0.25, 0.3) is 11.0 Å². The van der Waals surface area contributed by atoms with Gasteiger partial charge in [0.2, 0.25) is 5.91 Å². The molecule has 8 nitrogen and oxygen atoms in total. The average molecular weight is 386 g/mol. The lowest BCUT2D eigenvalue weighted by Crippen LogP contribution is -2.42. The molecule has 1 aromatic carbocycles. The normalized spacial score (nSPS) is 10.9. The monoisotopic (exact) mass is 386 g/mol. The van der Waals surface area contributed by atoms with Gasteiger partial charge in [0.05, 0.1) is 6.61 Å². The largest absolute Gasteiger partial charge is 0.493 e. The van der Waals surface area contributed by atoms with Gasteiger partial charge in [-0.05, 0) is 38.1 Å². The topological polar surface area (TPSA) is 95.2 Å². The highest BCUT2D eigenvalue weighted by Gasteiger charge is 2.19. The van der Waals surface area contributed by atoms with E-state index in [0.717, 1.165) is 4.57 Å². The van der Waals surface area contributed by atoms with Crippen LogP contribution >= 0.6 is 0 Å². The molecular formula is C19H19FN4O4. The zero-order valence-corrected chi connectivity index (χ0v) is 15.7. The van der Waals surface area contributed by atoms with Crippen LogP contribution in [0.15, 0.2) is 40.1 Å². The number of benzene rings is 1. The summed E-state index contributed by atoms with van der Waals surface area (Å²) < 4.78 is 20.6. The minimum absolute atomic E-state index is 0.138. The minimum atomic E-state index is -0.675. The second kappa shape index (κ2) is 7.63. The number of nitrogens with one attached hydrogen (secondary N) is 1. The summed E-state index contributed by atoms with van der Waals surface area (Å²) in [6.07, 6.45) is 1.53. The number of carbonyl (C=O) groups is 1. The SMILES string of the molecule is CCOc1c(C)cnc2c1c(=O)n(CC(=O)Nc1ccc(F)cc1)c(=O)n2C. The maximum Gasteiger partial charge on any atom is 0.332 e. The highest BCUT2D eigenvalue weighted by atomic mass is 19.1. The van der Waals surface area contributed by atoms with Crippen molar-refractivity contribution in [3.8, 4) is 5.75 Å². The molecule has 0 aliphatic carbocycles. The number of halogens is 1. The van der Waals surface area contributed by atoms with Crippen LogP contribution in [0.5, 0.6) is 5.75 Å². The molecule has 0 aliphatic rings. The highest BCUT2D eigenvalue weighted by Crippen LogP contribution is 2.24. The first-order valence-corrected chi connectivity index (χ1v) is 8.60. The molecule has 0 fully saturated rings. The molecule has 0 aliphatic heterocycles. The number of hydrogen-bond donors (Lipinski definition) is 1. The Morgan fingerprint density at radius 3 is 2.57 bits per heavy atom. The third kappa shape index (κ3) is 3.51. The van der Waals surface area contributed by atoms with Gasteiger partial charge in [0, 0.05) is 24.5 Å². The van der Waals surface area contributed by atoms with E-state index >= 15 is 0 Å². The Kier molecular flexibility index (Phi) is 5.25. The molecule has 1 N–H and O–H groups in total. The standard InChI is InChI=1S/C19H19FN4O4/c1-4-28-16-11(2)9-21-17-15(16)18(26)24(19(27)23(17)3)10-14(25)22-13-7-5-12(20)6-8-13/h5-9H,4,10H2,1-3H3,(H,22,25). The number of aromatic nitrogens is 3. The van der Waals surface area contributed by atoms with E-state index in [1.165, 1.54) is 42.1 Å². The van der Waals surface area contributed by atoms with Gasteiger partial charge in [0.25, 0.3) is 5.56 Å². The molecule has 3 rings (SSSR count). The molecule has 0 saturated carbocycles. The molecule has 2 aromatic heterocycles. The van der Waals surface area contributed by atoms with Crippen LogP contribution in [0.4, 0.5) is 10.1 Å². The summed E-state index contributed by atoms with van der Waals surface area (Å²) in [5.41, 5.74) is -0.159. The van der Waals surface area contributed by atoms with Crippen molar-refractivity contribution < 1.29 is 13.9 Å². The van der Waals surface area contributed by atoms with E-state index in [4.69, 9.17) is 4.74 Å². The van der Waals surface area contributed by atoms with E-state index in [0.29, 0.717) is 23.6 Å². The van der Waals surface area contributed by atoms with Gasteiger partial charge in [0.15, 0.2) is 5.65 Å². The summed E-state index contributed by atoms with van der Waals surface area (Å²) in [6.45, 7) is 3.35. The predicted molar refractivity (Wildman–Crippen MR) is 102 cm³/mol. The molecule has 0 spiro atoms. The van der Waals surface area contributed by atoms with E-state index in [1.807, 2.05) is 0 Å². The number of amides is 1. The quantitative estimate of drug-likeness (QED) is 0.718. The Morgan fingerprint density at radius 2 is 1.93 bits per heavy atom. The van der Waals surface area contributed by atoms with Gasteiger partial charge >= 0.3 is 5.69 Å². The smallest absolute Gasteiger partial charge is 0.332 e. The molecule has 3 aromatic rings. The molecule has 146 valence electrons. The van der Waals surface area contributed by atoms with Crippen LogP contribution in [-0.4, -0.2) is 26.6 Å². The number of anilines is 1. The van der Waals surface area contributed by atoms with Gasteiger partial charge in [-0.25, -0.2) is 18.7 Å². The van der Waals surface area contributed by atoms with Crippen LogP contribution in [0.3, 0.4) is 0 Å². The van der Waals surface area contributed by atoms with Crippen molar-refractivity contribution in [2.75, 3.05) is 11.9 Å². The summed E-state index contributed by atoms with van der Waals surface area (Å²) in [6, 6.07) is 5.16. The lowest BCUT2D eigenvalue weighted by atomic mass is 10.2. The Bertz CT molecular complexity index is 1170. The maximum absolute atomic E-state index is 13.0. The number of rotatable bonds is 5. The average Bonchev–Trinajstić information content (AvgIpc) is 2.67. The zero-order valence-electron chi connectivity index (χ0n) is 15.7. The van der Waals surface area contributed by atoms with Crippen LogP contribution in [0.2, 0.25) is 0 Å². The fourth-order valence-corrected chi connectivity index (χ4v) is 2.87. The van der Waals surface area contributed by atoms with Gasteiger partial charge in [0.1, 0.15) is 23.5 Å². The highest BCUT2D eigenvalue weighted by molar-refractivity contribution is 5.91. The van der Waals surface area contributed by atoms with Crippen LogP contribution in [0.1, 0.15) is 12.5 Å². The molecule has 0 saturated heterocycles. The van der Waals surface area contributed by atoms with Crippen LogP contribution in [-0.2, 0) is 18.4 Å². The molecule has 0 atom stereocenters. The molecule has 0 radical (unpaired) electrons. The Morgan fingerprint density at radius 1 is 1.25 bits per heavy atom. The lowest BCUT2D eigenvalue weighted by Gasteiger charge is -2.14. The number of hydrogen-bond acceptors (Lipinski definition) is 5. The first kappa shape index (κ1) is 19.3. The van der Waals surface area contributed by atoms with Crippen molar-refractivity contribution in [3.63, 3.8) is 0 Å². The van der Waals surface area contributed by atoms with E-state index < -0.39 is 29.5 Å². The lowest BCUT2D eigenvalue weighted by molar-refractivity contribution is -0.116. The second-order valence-corrected chi connectivity index (χ2v) is 6.19. The van der Waals surface area contributed by atoms with Crippen molar-refractivity contribution in [2.24, 2.45) is 7.05 Å².